The second-order valence-electron chi connectivity index (χ2n) is 2.28. The van der Waals surface area contributed by atoms with Crippen LogP contribution in [0.3, 0.4) is 0 Å². The first-order valence-electron chi connectivity index (χ1n) is 3.58. The van der Waals surface area contributed by atoms with Crippen LogP contribution in [0.4, 0.5) is 0 Å². The molecule has 0 bridgehead atoms. The van der Waals surface area contributed by atoms with Gasteiger partial charge in [-0.15, -0.1) is 0 Å². The zero-order valence-corrected chi connectivity index (χ0v) is 7.04. The van der Waals surface area contributed by atoms with E-state index in [9.17, 15) is 0 Å². The van der Waals surface area contributed by atoms with Crippen molar-refractivity contribution in [1.29, 1.82) is 0 Å². The van der Waals surface area contributed by atoms with Gasteiger partial charge in [0.05, 0.1) is 0 Å². The smallest absolute Gasteiger partial charge is 0.104 e. The van der Waals surface area contributed by atoms with Gasteiger partial charge in [0.15, 0.2) is 0 Å². The SMILES string of the molecule is CC(N)OCNCOC(C)N. The van der Waals surface area contributed by atoms with E-state index in [-0.39, 0.29) is 12.5 Å². The predicted octanol–water partition coefficient (Wildman–Crippen LogP) is -0.866. The molecule has 0 spiro atoms. The summed E-state index contributed by atoms with van der Waals surface area (Å²) < 4.78 is 9.94. The third-order valence-corrected chi connectivity index (χ3v) is 0.897. The van der Waals surface area contributed by atoms with Crippen LogP contribution in [-0.4, -0.2) is 25.9 Å². The molecule has 11 heavy (non-hydrogen) atoms. The van der Waals surface area contributed by atoms with Gasteiger partial charge in [0.1, 0.15) is 25.9 Å². The Labute approximate surface area is 67.0 Å². The molecule has 0 radical (unpaired) electrons. The van der Waals surface area contributed by atoms with Crippen molar-refractivity contribution in [2.24, 2.45) is 11.5 Å². The monoisotopic (exact) mass is 163 g/mol. The molecule has 68 valence electrons. The zero-order valence-electron chi connectivity index (χ0n) is 7.04. The first kappa shape index (κ1) is 10.8. The number of nitrogens with one attached hydrogen (secondary N) is 1. The summed E-state index contributed by atoms with van der Waals surface area (Å²) >= 11 is 0. The molecule has 5 nitrogen and oxygen atoms in total. The maximum atomic E-state index is 5.31. The van der Waals surface area contributed by atoms with Gasteiger partial charge in [-0.25, -0.2) is 0 Å². The van der Waals surface area contributed by atoms with Crippen LogP contribution in [0.15, 0.2) is 0 Å². The molecule has 5 heteroatoms. The third kappa shape index (κ3) is 9.80. The maximum Gasteiger partial charge on any atom is 0.104 e. The van der Waals surface area contributed by atoms with Crippen molar-refractivity contribution in [1.82, 2.24) is 5.32 Å². The second-order valence-corrected chi connectivity index (χ2v) is 2.28. The lowest BCUT2D eigenvalue weighted by Crippen LogP contribution is -2.31. The van der Waals surface area contributed by atoms with Crippen LogP contribution in [0, 0.1) is 0 Å². The summed E-state index contributed by atoms with van der Waals surface area (Å²) in [6.07, 6.45) is -0.504. The van der Waals surface area contributed by atoms with Crippen molar-refractivity contribution >= 4 is 0 Å². The number of ether oxygens (including phenoxy) is 2. The molecule has 0 aliphatic rings. The molecule has 0 aromatic rings. The lowest BCUT2D eigenvalue weighted by atomic mass is 10.7. The zero-order chi connectivity index (χ0) is 8.69. The van der Waals surface area contributed by atoms with E-state index >= 15 is 0 Å². The predicted molar refractivity (Wildman–Crippen MR) is 42.3 cm³/mol. The summed E-state index contributed by atoms with van der Waals surface area (Å²) in [5.41, 5.74) is 10.6. The van der Waals surface area contributed by atoms with E-state index in [4.69, 9.17) is 20.9 Å². The van der Waals surface area contributed by atoms with E-state index in [2.05, 4.69) is 5.32 Å². The van der Waals surface area contributed by atoms with Crippen LogP contribution >= 0.6 is 0 Å². The largest absolute Gasteiger partial charge is 0.349 e. The Morgan fingerprint density at radius 3 is 1.73 bits per heavy atom. The van der Waals surface area contributed by atoms with E-state index in [0.717, 1.165) is 0 Å². The Morgan fingerprint density at radius 2 is 1.45 bits per heavy atom. The summed E-state index contributed by atoms with van der Waals surface area (Å²) in [6, 6.07) is 0. The molecular formula is C6H17N3O2. The summed E-state index contributed by atoms with van der Waals surface area (Å²) in [7, 11) is 0. The summed E-state index contributed by atoms with van der Waals surface area (Å²) in [5, 5.41) is 2.84. The molecule has 0 amide bonds. The highest BCUT2D eigenvalue weighted by Crippen LogP contribution is 1.78. The van der Waals surface area contributed by atoms with Crippen LogP contribution < -0.4 is 16.8 Å². The highest BCUT2D eigenvalue weighted by Gasteiger charge is 1.93. The van der Waals surface area contributed by atoms with Crippen LogP contribution in [0.1, 0.15) is 13.8 Å². The Bertz CT molecular complexity index is 77.9. The van der Waals surface area contributed by atoms with Gasteiger partial charge in [0.25, 0.3) is 0 Å². The van der Waals surface area contributed by atoms with Gasteiger partial charge < -0.3 is 20.9 Å². The van der Waals surface area contributed by atoms with Crippen molar-refractivity contribution in [3.05, 3.63) is 0 Å². The summed E-state index contributed by atoms with van der Waals surface area (Å²) in [4.78, 5) is 0. The normalized spacial score (nSPS) is 16.4. The van der Waals surface area contributed by atoms with Gasteiger partial charge in [0.2, 0.25) is 0 Å². The quantitative estimate of drug-likeness (QED) is 0.350. The van der Waals surface area contributed by atoms with Crippen LogP contribution in [0.2, 0.25) is 0 Å². The molecule has 0 rings (SSSR count). The van der Waals surface area contributed by atoms with E-state index in [1.165, 1.54) is 0 Å². The molecule has 0 aliphatic carbocycles. The first-order valence-corrected chi connectivity index (χ1v) is 3.58. The molecule has 2 unspecified atom stereocenters. The fourth-order valence-electron chi connectivity index (χ4n) is 0.422. The standard InChI is InChI=1S/C6H17N3O2/c1-5(7)10-3-9-4-11-6(2)8/h5-6,9H,3-4,7-8H2,1-2H3. The summed E-state index contributed by atoms with van der Waals surface area (Å²) in [6.45, 7) is 4.27. The Hall–Kier alpha value is -0.200. The lowest BCUT2D eigenvalue weighted by Gasteiger charge is -2.10. The third-order valence-electron chi connectivity index (χ3n) is 0.897. The van der Waals surface area contributed by atoms with E-state index in [0.29, 0.717) is 13.5 Å². The van der Waals surface area contributed by atoms with E-state index in [1.807, 2.05) is 0 Å². The van der Waals surface area contributed by atoms with Crippen molar-refractivity contribution < 1.29 is 9.47 Å². The average molecular weight is 163 g/mol. The fraction of sp³-hybridized carbons (Fsp3) is 1.00. The van der Waals surface area contributed by atoms with E-state index in [1.54, 1.807) is 13.8 Å². The van der Waals surface area contributed by atoms with Gasteiger partial charge >= 0.3 is 0 Å². The van der Waals surface area contributed by atoms with Crippen LogP contribution in [0.5, 0.6) is 0 Å². The first-order chi connectivity index (χ1) is 5.13. The molecule has 2 atom stereocenters. The molecule has 5 N–H and O–H groups in total. The molecule has 0 heterocycles. The molecular weight excluding hydrogens is 146 g/mol. The minimum atomic E-state index is -0.252. The molecule has 0 saturated heterocycles. The van der Waals surface area contributed by atoms with E-state index < -0.39 is 0 Å². The Kier molecular flexibility index (Phi) is 6.39. The molecule has 0 aliphatic heterocycles. The Balaban J connectivity index is 2.91. The van der Waals surface area contributed by atoms with Gasteiger partial charge in [-0.05, 0) is 13.8 Å². The minimum absolute atomic E-state index is 0.252. The minimum Gasteiger partial charge on any atom is -0.349 e. The van der Waals surface area contributed by atoms with Crippen molar-refractivity contribution in [2.45, 2.75) is 26.3 Å². The summed E-state index contributed by atoms with van der Waals surface area (Å²) in [5.74, 6) is 0. The highest BCUT2D eigenvalue weighted by molar-refractivity contribution is 4.34. The molecule has 0 fully saturated rings. The highest BCUT2D eigenvalue weighted by atomic mass is 16.5. The average Bonchev–Trinajstić information content (AvgIpc) is 1.85. The molecule has 0 saturated carbocycles. The van der Waals surface area contributed by atoms with Crippen LogP contribution in [-0.2, 0) is 9.47 Å². The fourth-order valence-corrected chi connectivity index (χ4v) is 0.422. The Morgan fingerprint density at radius 1 is 1.09 bits per heavy atom. The molecule has 0 aromatic heterocycles. The number of hydrogen-bond acceptors (Lipinski definition) is 5. The topological polar surface area (TPSA) is 82.5 Å². The lowest BCUT2D eigenvalue weighted by molar-refractivity contribution is 0.00675. The second kappa shape index (κ2) is 6.51. The number of rotatable bonds is 6. The number of hydrogen-bond donors (Lipinski definition) is 3. The van der Waals surface area contributed by atoms with Gasteiger partial charge in [-0.1, -0.05) is 0 Å². The van der Waals surface area contributed by atoms with Gasteiger partial charge in [0, 0.05) is 0 Å². The van der Waals surface area contributed by atoms with Crippen molar-refractivity contribution in [2.75, 3.05) is 13.5 Å². The van der Waals surface area contributed by atoms with Crippen LogP contribution in [0.25, 0.3) is 0 Å². The van der Waals surface area contributed by atoms with Crippen molar-refractivity contribution in [3.63, 3.8) is 0 Å². The van der Waals surface area contributed by atoms with Gasteiger partial charge in [-0.3, -0.25) is 5.32 Å². The maximum absolute atomic E-state index is 5.31. The molecule has 0 aromatic carbocycles. The number of nitrogens with two attached hydrogens (primary N) is 2. The van der Waals surface area contributed by atoms with Gasteiger partial charge in [-0.2, -0.15) is 0 Å². The van der Waals surface area contributed by atoms with Crippen molar-refractivity contribution in [3.8, 4) is 0 Å².